The average molecular weight is 305 g/mol. The monoisotopic (exact) mass is 305 g/mol. The van der Waals surface area contributed by atoms with Crippen molar-refractivity contribution >= 4 is 23.2 Å². The Hall–Kier alpha value is -1.84. The standard InChI is InChI=1S/C15H19N3O2S/c1-15(14(20)17-2)7-9-18(10-15)13(19)12-6-5-11(21-12)4-3-8-16/h5-6H,7-10,16H2,1-2H3,(H,17,20). The van der Waals surface area contributed by atoms with Gasteiger partial charge in [-0.05, 0) is 25.5 Å². The van der Waals surface area contributed by atoms with E-state index in [1.807, 2.05) is 13.0 Å². The smallest absolute Gasteiger partial charge is 0.263 e. The van der Waals surface area contributed by atoms with Crippen LogP contribution in [0, 0.1) is 17.3 Å². The highest BCUT2D eigenvalue weighted by Crippen LogP contribution is 2.31. The fraction of sp³-hybridized carbons (Fsp3) is 0.467. The molecule has 21 heavy (non-hydrogen) atoms. The predicted octanol–water partition coefficient (Wildman–Crippen LogP) is 0.656. The number of thiophene rings is 1. The Kier molecular flexibility index (Phi) is 4.66. The molecule has 0 aromatic carbocycles. The van der Waals surface area contributed by atoms with Gasteiger partial charge in [-0.15, -0.1) is 11.3 Å². The van der Waals surface area contributed by atoms with Crippen molar-refractivity contribution in [1.29, 1.82) is 0 Å². The van der Waals surface area contributed by atoms with Crippen LogP contribution in [0.2, 0.25) is 0 Å². The van der Waals surface area contributed by atoms with Crippen LogP contribution in [0.3, 0.4) is 0 Å². The molecule has 1 unspecified atom stereocenters. The van der Waals surface area contributed by atoms with Gasteiger partial charge in [-0.3, -0.25) is 9.59 Å². The molecule has 2 amide bonds. The van der Waals surface area contributed by atoms with Crippen LogP contribution in [0.25, 0.3) is 0 Å². The Morgan fingerprint density at radius 2 is 2.29 bits per heavy atom. The molecule has 1 atom stereocenters. The van der Waals surface area contributed by atoms with Crippen molar-refractivity contribution in [3.8, 4) is 11.8 Å². The quantitative estimate of drug-likeness (QED) is 0.788. The molecule has 2 rings (SSSR count). The summed E-state index contributed by atoms with van der Waals surface area (Å²) in [5.41, 5.74) is 4.84. The first-order valence-corrected chi connectivity index (χ1v) is 7.62. The van der Waals surface area contributed by atoms with E-state index in [2.05, 4.69) is 17.2 Å². The molecule has 1 fully saturated rings. The third-order valence-corrected chi connectivity index (χ3v) is 4.65. The Labute approximate surface area is 128 Å². The maximum Gasteiger partial charge on any atom is 0.263 e. The van der Waals surface area contributed by atoms with Gasteiger partial charge in [0.15, 0.2) is 0 Å². The van der Waals surface area contributed by atoms with Gasteiger partial charge >= 0.3 is 0 Å². The highest BCUT2D eigenvalue weighted by molar-refractivity contribution is 7.14. The molecule has 1 aromatic rings. The van der Waals surface area contributed by atoms with Crippen LogP contribution in [0.4, 0.5) is 0 Å². The Morgan fingerprint density at radius 1 is 1.52 bits per heavy atom. The van der Waals surface area contributed by atoms with Gasteiger partial charge in [0.1, 0.15) is 0 Å². The zero-order valence-electron chi connectivity index (χ0n) is 12.2. The number of amides is 2. The maximum absolute atomic E-state index is 12.5. The number of carbonyl (C=O) groups excluding carboxylic acids is 2. The normalized spacial score (nSPS) is 20.8. The van der Waals surface area contributed by atoms with E-state index < -0.39 is 5.41 Å². The Bertz CT molecular complexity index is 614. The molecule has 5 nitrogen and oxygen atoms in total. The first kappa shape index (κ1) is 15.5. The summed E-state index contributed by atoms with van der Waals surface area (Å²) in [7, 11) is 1.62. The second-order valence-corrected chi connectivity index (χ2v) is 6.37. The molecule has 6 heteroatoms. The van der Waals surface area contributed by atoms with E-state index in [-0.39, 0.29) is 11.8 Å². The number of likely N-dealkylation sites (tertiary alicyclic amines) is 1. The summed E-state index contributed by atoms with van der Waals surface area (Å²) in [6.45, 7) is 3.25. The van der Waals surface area contributed by atoms with Crippen molar-refractivity contribution in [3.05, 3.63) is 21.9 Å². The molecular weight excluding hydrogens is 286 g/mol. The van der Waals surface area contributed by atoms with Crippen molar-refractivity contribution in [3.63, 3.8) is 0 Å². The molecule has 0 saturated carbocycles. The van der Waals surface area contributed by atoms with Gasteiger partial charge in [0.25, 0.3) is 5.91 Å². The minimum Gasteiger partial charge on any atom is -0.359 e. The van der Waals surface area contributed by atoms with Gasteiger partial charge in [-0.25, -0.2) is 0 Å². The SMILES string of the molecule is CNC(=O)C1(C)CCN(C(=O)c2ccc(C#CCN)s2)C1. The lowest BCUT2D eigenvalue weighted by molar-refractivity contribution is -0.128. The van der Waals surface area contributed by atoms with Crippen molar-refractivity contribution in [2.24, 2.45) is 11.1 Å². The van der Waals surface area contributed by atoms with Gasteiger partial charge in [-0.1, -0.05) is 11.8 Å². The lowest BCUT2D eigenvalue weighted by atomic mass is 9.89. The number of nitrogens with zero attached hydrogens (tertiary/aromatic N) is 1. The van der Waals surface area contributed by atoms with Crippen molar-refractivity contribution < 1.29 is 9.59 Å². The molecule has 0 bridgehead atoms. The predicted molar refractivity (Wildman–Crippen MR) is 82.9 cm³/mol. The summed E-state index contributed by atoms with van der Waals surface area (Å²) in [6.07, 6.45) is 0.684. The van der Waals surface area contributed by atoms with Crippen molar-refractivity contribution in [2.75, 3.05) is 26.7 Å². The first-order valence-electron chi connectivity index (χ1n) is 6.80. The largest absolute Gasteiger partial charge is 0.359 e. The summed E-state index contributed by atoms with van der Waals surface area (Å²) < 4.78 is 0. The number of hydrogen-bond donors (Lipinski definition) is 2. The van der Waals surface area contributed by atoms with Gasteiger partial charge < -0.3 is 16.0 Å². The van der Waals surface area contributed by atoms with Crippen LogP contribution in [0.1, 0.15) is 27.9 Å². The molecular formula is C15H19N3O2S. The third-order valence-electron chi connectivity index (χ3n) is 3.67. The highest BCUT2D eigenvalue weighted by atomic mass is 32.1. The number of rotatable bonds is 2. The summed E-state index contributed by atoms with van der Waals surface area (Å²) in [4.78, 5) is 27.6. The van der Waals surface area contributed by atoms with Crippen LogP contribution < -0.4 is 11.1 Å². The minimum atomic E-state index is -0.496. The van der Waals surface area contributed by atoms with Crippen LogP contribution in [0.5, 0.6) is 0 Å². The van der Waals surface area contributed by atoms with Gasteiger partial charge in [0.2, 0.25) is 5.91 Å². The fourth-order valence-electron chi connectivity index (χ4n) is 2.44. The summed E-state index contributed by atoms with van der Waals surface area (Å²) >= 11 is 1.36. The third kappa shape index (κ3) is 3.26. The van der Waals surface area contributed by atoms with Crippen LogP contribution in [0.15, 0.2) is 12.1 Å². The zero-order chi connectivity index (χ0) is 15.5. The number of hydrogen-bond acceptors (Lipinski definition) is 4. The molecule has 0 radical (unpaired) electrons. The number of carbonyl (C=O) groups is 2. The second kappa shape index (κ2) is 6.29. The molecule has 3 N–H and O–H groups in total. The lowest BCUT2D eigenvalue weighted by Crippen LogP contribution is -2.40. The first-order chi connectivity index (χ1) is 10.00. The van der Waals surface area contributed by atoms with E-state index in [9.17, 15) is 9.59 Å². The van der Waals surface area contributed by atoms with Gasteiger partial charge in [0, 0.05) is 20.1 Å². The lowest BCUT2D eigenvalue weighted by Gasteiger charge is -2.22. The molecule has 1 saturated heterocycles. The van der Waals surface area contributed by atoms with E-state index in [1.165, 1.54) is 11.3 Å². The number of nitrogens with one attached hydrogen (secondary N) is 1. The molecule has 112 valence electrons. The number of nitrogens with two attached hydrogens (primary N) is 1. The maximum atomic E-state index is 12.5. The van der Waals surface area contributed by atoms with Crippen LogP contribution in [-0.2, 0) is 4.79 Å². The van der Waals surface area contributed by atoms with Gasteiger partial charge in [0.05, 0.1) is 21.7 Å². The van der Waals surface area contributed by atoms with Crippen LogP contribution in [-0.4, -0.2) is 43.4 Å². The molecule has 0 spiro atoms. The Morgan fingerprint density at radius 3 is 2.95 bits per heavy atom. The fourth-order valence-corrected chi connectivity index (χ4v) is 3.28. The van der Waals surface area contributed by atoms with Gasteiger partial charge in [-0.2, -0.15) is 0 Å². The topological polar surface area (TPSA) is 75.4 Å². The minimum absolute atomic E-state index is 0.0153. The molecule has 2 heterocycles. The van der Waals surface area contributed by atoms with E-state index in [4.69, 9.17) is 5.73 Å². The van der Waals surface area contributed by atoms with E-state index >= 15 is 0 Å². The van der Waals surface area contributed by atoms with E-state index in [1.54, 1.807) is 18.0 Å². The molecule has 1 aromatic heterocycles. The van der Waals surface area contributed by atoms with Crippen molar-refractivity contribution in [2.45, 2.75) is 13.3 Å². The zero-order valence-corrected chi connectivity index (χ0v) is 13.0. The average Bonchev–Trinajstić information content (AvgIpc) is 3.11. The van der Waals surface area contributed by atoms with Crippen molar-refractivity contribution in [1.82, 2.24) is 10.2 Å². The summed E-state index contributed by atoms with van der Waals surface area (Å²) in [5.74, 6) is 5.65. The highest BCUT2D eigenvalue weighted by Gasteiger charge is 2.41. The second-order valence-electron chi connectivity index (χ2n) is 5.29. The molecule has 0 aliphatic carbocycles. The summed E-state index contributed by atoms with van der Waals surface area (Å²) in [5, 5.41) is 2.67. The Balaban J connectivity index is 2.08. The molecule has 1 aliphatic heterocycles. The van der Waals surface area contributed by atoms with E-state index in [0.29, 0.717) is 30.9 Å². The summed E-state index contributed by atoms with van der Waals surface area (Å²) in [6, 6.07) is 3.61. The van der Waals surface area contributed by atoms with E-state index in [0.717, 1.165) is 4.88 Å². The van der Waals surface area contributed by atoms with Crippen LogP contribution >= 0.6 is 11.3 Å². The molecule has 1 aliphatic rings.